The first-order chi connectivity index (χ1) is 9.93. The number of benzene rings is 1. The summed E-state index contributed by atoms with van der Waals surface area (Å²) in [6, 6.07) is 2.77. The van der Waals surface area contributed by atoms with Crippen LogP contribution in [0.25, 0.3) is 0 Å². The normalized spacial score (nSPS) is 15.1. The van der Waals surface area contributed by atoms with Gasteiger partial charge < -0.3 is 9.64 Å². The van der Waals surface area contributed by atoms with Gasteiger partial charge in [-0.2, -0.15) is 8.78 Å². The van der Waals surface area contributed by atoms with Crippen LogP contribution in [0.3, 0.4) is 0 Å². The van der Waals surface area contributed by atoms with E-state index in [2.05, 4.69) is 20.7 Å². The van der Waals surface area contributed by atoms with E-state index in [1.807, 2.05) is 0 Å². The molecule has 0 N–H and O–H groups in total. The Bertz CT molecular complexity index is 590. The summed E-state index contributed by atoms with van der Waals surface area (Å²) < 4.78 is 44.2. The summed E-state index contributed by atoms with van der Waals surface area (Å²) in [6.07, 6.45) is -1.27. The molecule has 1 aliphatic rings. The minimum Gasteiger partial charge on any atom is -0.465 e. The molecule has 21 heavy (non-hydrogen) atoms. The number of hydrogen-bond donors (Lipinski definition) is 0. The highest BCUT2D eigenvalue weighted by Crippen LogP contribution is 2.32. The molecule has 1 fully saturated rings. The summed E-state index contributed by atoms with van der Waals surface area (Å²) in [5, 5.41) is 0. The number of anilines is 1. The minimum absolute atomic E-state index is 0.112. The Hall–Kier alpha value is -1.50. The quantitative estimate of drug-likeness (QED) is 0.740. The van der Waals surface area contributed by atoms with Gasteiger partial charge in [0.2, 0.25) is 0 Å². The second-order valence-corrected chi connectivity index (χ2v) is 5.54. The van der Waals surface area contributed by atoms with Gasteiger partial charge in [-0.25, -0.2) is 9.18 Å². The Morgan fingerprint density at radius 1 is 1.29 bits per heavy atom. The number of halogens is 4. The maximum atomic E-state index is 14.0. The molecule has 0 radical (unpaired) electrons. The average Bonchev–Trinajstić information content (AvgIpc) is 2.45. The third-order valence-corrected chi connectivity index (χ3v) is 3.86. The van der Waals surface area contributed by atoms with Gasteiger partial charge in [-0.1, -0.05) is 15.9 Å². The number of carbonyl (C=O) groups excluding carboxylic acids is 1. The molecule has 0 aliphatic carbocycles. The molecule has 0 atom stereocenters. The lowest BCUT2D eigenvalue weighted by Crippen LogP contribution is -2.32. The molecule has 3 nitrogen and oxygen atoms in total. The zero-order valence-corrected chi connectivity index (χ0v) is 12.8. The number of nitrogens with zero attached hydrogens (tertiary/aromatic N) is 1. The van der Waals surface area contributed by atoms with E-state index in [4.69, 9.17) is 0 Å². The number of ether oxygens (including phenoxy) is 1. The molecule has 1 aliphatic heterocycles. The van der Waals surface area contributed by atoms with Gasteiger partial charge in [-0.05, 0) is 30.5 Å². The van der Waals surface area contributed by atoms with Crippen LogP contribution in [0.5, 0.6) is 0 Å². The SMILES string of the molecule is COC(=O)c1c(F)cc(Br)cc1N1CCC(=C(F)F)CC1. The van der Waals surface area contributed by atoms with Crippen molar-refractivity contribution in [2.75, 3.05) is 25.1 Å². The molecule has 0 saturated carbocycles. The van der Waals surface area contributed by atoms with E-state index in [1.165, 1.54) is 13.2 Å². The first kappa shape index (κ1) is 15.9. The molecule has 1 aromatic carbocycles. The van der Waals surface area contributed by atoms with Crippen molar-refractivity contribution in [2.45, 2.75) is 12.8 Å². The number of rotatable bonds is 2. The maximum Gasteiger partial charge on any atom is 0.342 e. The molecule has 1 aromatic rings. The summed E-state index contributed by atoms with van der Waals surface area (Å²) in [7, 11) is 1.17. The average molecular weight is 364 g/mol. The topological polar surface area (TPSA) is 29.5 Å². The molecule has 0 aromatic heterocycles. The van der Waals surface area contributed by atoms with Gasteiger partial charge in [-0.15, -0.1) is 0 Å². The van der Waals surface area contributed by atoms with Crippen LogP contribution >= 0.6 is 15.9 Å². The Labute approximate surface area is 128 Å². The lowest BCUT2D eigenvalue weighted by molar-refractivity contribution is 0.0596. The lowest BCUT2D eigenvalue weighted by Gasteiger charge is -2.31. The van der Waals surface area contributed by atoms with E-state index in [0.29, 0.717) is 23.2 Å². The van der Waals surface area contributed by atoms with Gasteiger partial charge in [-0.3, -0.25) is 0 Å². The second kappa shape index (κ2) is 6.51. The molecular formula is C14H13BrF3NO2. The van der Waals surface area contributed by atoms with Crippen LogP contribution in [0.2, 0.25) is 0 Å². The molecule has 0 spiro atoms. The van der Waals surface area contributed by atoms with Gasteiger partial charge in [0.15, 0.2) is 0 Å². The number of esters is 1. The summed E-state index contributed by atoms with van der Waals surface area (Å²) in [6.45, 7) is 0.596. The molecule has 7 heteroatoms. The molecule has 2 rings (SSSR count). The van der Waals surface area contributed by atoms with E-state index in [9.17, 15) is 18.0 Å². The van der Waals surface area contributed by atoms with Crippen LogP contribution < -0.4 is 4.90 Å². The number of carbonyl (C=O) groups is 1. The molecule has 0 amide bonds. The van der Waals surface area contributed by atoms with Gasteiger partial charge in [0, 0.05) is 17.6 Å². The Balaban J connectivity index is 2.36. The van der Waals surface area contributed by atoms with Crippen LogP contribution in [0.1, 0.15) is 23.2 Å². The van der Waals surface area contributed by atoms with Crippen molar-refractivity contribution < 1.29 is 22.7 Å². The van der Waals surface area contributed by atoms with Crippen molar-refractivity contribution in [3.8, 4) is 0 Å². The van der Waals surface area contributed by atoms with Crippen LogP contribution in [0.15, 0.2) is 28.3 Å². The predicted molar refractivity (Wildman–Crippen MR) is 76.1 cm³/mol. The summed E-state index contributed by atoms with van der Waals surface area (Å²) in [5.41, 5.74) is 0.294. The highest BCUT2D eigenvalue weighted by atomic mass is 79.9. The van der Waals surface area contributed by atoms with Crippen molar-refractivity contribution in [2.24, 2.45) is 0 Å². The zero-order chi connectivity index (χ0) is 15.6. The standard InChI is InChI=1S/C14H13BrF3NO2/c1-21-14(20)12-10(16)6-9(15)7-11(12)19-4-2-8(3-5-19)13(17)18/h6-7H,2-5H2,1H3. The number of hydrogen-bond acceptors (Lipinski definition) is 3. The monoisotopic (exact) mass is 363 g/mol. The van der Waals surface area contributed by atoms with Gasteiger partial charge >= 0.3 is 5.97 Å². The van der Waals surface area contributed by atoms with Crippen molar-refractivity contribution in [1.82, 2.24) is 0 Å². The third kappa shape index (κ3) is 3.40. The molecule has 0 unspecified atom stereocenters. The fourth-order valence-corrected chi connectivity index (χ4v) is 2.74. The van der Waals surface area contributed by atoms with Crippen LogP contribution in [0.4, 0.5) is 18.9 Å². The predicted octanol–water partition coefficient (Wildman–Crippen LogP) is 4.13. The lowest BCUT2D eigenvalue weighted by atomic mass is 10.0. The Morgan fingerprint density at radius 3 is 2.43 bits per heavy atom. The fraction of sp³-hybridized carbons (Fsp3) is 0.357. The van der Waals surface area contributed by atoms with Gasteiger partial charge in [0.1, 0.15) is 11.4 Å². The fourth-order valence-electron chi connectivity index (χ4n) is 2.32. The molecule has 114 valence electrons. The summed E-state index contributed by atoms with van der Waals surface area (Å²) >= 11 is 3.17. The molecule has 1 saturated heterocycles. The zero-order valence-electron chi connectivity index (χ0n) is 11.3. The Morgan fingerprint density at radius 2 is 1.90 bits per heavy atom. The maximum absolute atomic E-state index is 14.0. The minimum atomic E-state index is -1.65. The van der Waals surface area contributed by atoms with Crippen molar-refractivity contribution in [3.63, 3.8) is 0 Å². The first-order valence-corrected chi connectivity index (χ1v) is 7.08. The van der Waals surface area contributed by atoms with Crippen molar-refractivity contribution in [3.05, 3.63) is 39.6 Å². The smallest absolute Gasteiger partial charge is 0.342 e. The third-order valence-electron chi connectivity index (χ3n) is 3.40. The summed E-state index contributed by atoms with van der Waals surface area (Å²) in [5.74, 6) is -1.49. The molecule has 0 bridgehead atoms. The largest absolute Gasteiger partial charge is 0.465 e. The number of piperidine rings is 1. The highest BCUT2D eigenvalue weighted by Gasteiger charge is 2.25. The van der Waals surface area contributed by atoms with Crippen molar-refractivity contribution >= 4 is 27.6 Å². The van der Waals surface area contributed by atoms with Crippen LogP contribution in [-0.4, -0.2) is 26.2 Å². The molecule has 1 heterocycles. The van der Waals surface area contributed by atoms with Crippen molar-refractivity contribution in [1.29, 1.82) is 0 Å². The highest BCUT2D eigenvalue weighted by molar-refractivity contribution is 9.10. The van der Waals surface area contributed by atoms with E-state index in [1.54, 1.807) is 11.0 Å². The summed E-state index contributed by atoms with van der Waals surface area (Å²) in [4.78, 5) is 13.5. The van der Waals surface area contributed by atoms with E-state index < -0.39 is 17.9 Å². The first-order valence-electron chi connectivity index (χ1n) is 6.29. The van der Waals surface area contributed by atoms with E-state index in [-0.39, 0.29) is 24.0 Å². The van der Waals surface area contributed by atoms with E-state index >= 15 is 0 Å². The van der Waals surface area contributed by atoms with Gasteiger partial charge in [0.25, 0.3) is 6.08 Å². The van der Waals surface area contributed by atoms with Gasteiger partial charge in [0.05, 0.1) is 12.8 Å². The molecular weight excluding hydrogens is 351 g/mol. The number of methoxy groups -OCH3 is 1. The van der Waals surface area contributed by atoms with E-state index in [0.717, 1.165) is 0 Å². The Kier molecular flexibility index (Phi) is 4.92. The van der Waals surface area contributed by atoms with Crippen LogP contribution in [0, 0.1) is 5.82 Å². The van der Waals surface area contributed by atoms with Crippen LogP contribution in [-0.2, 0) is 4.74 Å². The second-order valence-electron chi connectivity index (χ2n) is 4.62.